The van der Waals surface area contributed by atoms with Crippen LogP contribution in [-0.4, -0.2) is 4.98 Å². The van der Waals surface area contributed by atoms with Crippen LogP contribution in [0.25, 0.3) is 10.9 Å². The first-order valence-corrected chi connectivity index (χ1v) is 7.24. The van der Waals surface area contributed by atoms with E-state index >= 15 is 0 Å². The minimum absolute atomic E-state index is 0.315. The minimum atomic E-state index is -0.318. The van der Waals surface area contributed by atoms with Crippen molar-refractivity contribution < 1.29 is 4.39 Å². The van der Waals surface area contributed by atoms with E-state index in [1.807, 2.05) is 36.4 Å². The van der Waals surface area contributed by atoms with E-state index < -0.39 is 0 Å². The second kappa shape index (κ2) is 5.89. The highest BCUT2D eigenvalue weighted by Crippen LogP contribution is 2.26. The Balaban J connectivity index is 2.06. The number of rotatable bonds is 3. The number of hydrogen-bond donors (Lipinski definition) is 2. The Kier molecular flexibility index (Phi) is 3.96. The molecule has 5 heteroatoms. The predicted octanol–water partition coefficient (Wildman–Crippen LogP) is 3.69. The number of aromatic nitrogens is 1. The highest BCUT2D eigenvalue weighted by atomic mass is 79.9. The Morgan fingerprint density at radius 1 is 1.10 bits per heavy atom. The first kappa shape index (κ1) is 14.1. The number of benzene rings is 2. The molecular weight excluding hydrogens is 333 g/mol. The van der Waals surface area contributed by atoms with Crippen LogP contribution in [0.3, 0.4) is 0 Å². The zero-order valence-electron chi connectivity index (χ0n) is 11.1. The average Bonchev–Trinajstić information content (AvgIpc) is 2.51. The molecule has 1 heterocycles. The molecular formula is C16H13BrFN3. The Labute approximate surface area is 130 Å². The van der Waals surface area contributed by atoms with Crippen molar-refractivity contribution >= 4 is 26.8 Å². The SMILES string of the molecule is NNC(c1ccc(Br)c(F)c1)c1cnc2ccccc2c1. The molecule has 0 fully saturated rings. The summed E-state index contributed by atoms with van der Waals surface area (Å²) in [6.45, 7) is 0. The molecule has 3 aromatic rings. The van der Waals surface area contributed by atoms with Gasteiger partial charge < -0.3 is 0 Å². The summed E-state index contributed by atoms with van der Waals surface area (Å²) in [5, 5.41) is 1.02. The van der Waals surface area contributed by atoms with Gasteiger partial charge in [-0.25, -0.2) is 9.82 Å². The summed E-state index contributed by atoms with van der Waals surface area (Å²) in [6, 6.07) is 14.5. The van der Waals surface area contributed by atoms with Crippen molar-refractivity contribution in [2.75, 3.05) is 0 Å². The lowest BCUT2D eigenvalue weighted by molar-refractivity contribution is 0.600. The number of nitrogens with zero attached hydrogens (tertiary/aromatic N) is 1. The molecule has 106 valence electrons. The molecule has 3 nitrogen and oxygen atoms in total. The van der Waals surface area contributed by atoms with E-state index in [-0.39, 0.29) is 11.9 Å². The average molecular weight is 346 g/mol. The lowest BCUT2D eigenvalue weighted by Crippen LogP contribution is -2.29. The molecule has 1 aromatic heterocycles. The van der Waals surface area contributed by atoms with Gasteiger partial charge in [0.2, 0.25) is 0 Å². The molecule has 0 aliphatic rings. The van der Waals surface area contributed by atoms with E-state index in [2.05, 4.69) is 26.3 Å². The molecule has 3 N–H and O–H groups in total. The highest BCUT2D eigenvalue weighted by molar-refractivity contribution is 9.10. The van der Waals surface area contributed by atoms with Gasteiger partial charge >= 0.3 is 0 Å². The fraction of sp³-hybridized carbons (Fsp3) is 0.0625. The van der Waals surface area contributed by atoms with Gasteiger partial charge in [-0.1, -0.05) is 24.3 Å². The summed E-state index contributed by atoms with van der Waals surface area (Å²) >= 11 is 3.15. The number of fused-ring (bicyclic) bond motifs is 1. The molecule has 1 atom stereocenters. The van der Waals surface area contributed by atoms with Gasteiger partial charge in [0.15, 0.2) is 0 Å². The molecule has 0 spiro atoms. The van der Waals surface area contributed by atoms with Crippen molar-refractivity contribution in [1.82, 2.24) is 10.4 Å². The quantitative estimate of drug-likeness (QED) is 0.562. The van der Waals surface area contributed by atoms with Gasteiger partial charge in [0.05, 0.1) is 16.0 Å². The van der Waals surface area contributed by atoms with Crippen molar-refractivity contribution in [3.05, 3.63) is 76.1 Å². The third kappa shape index (κ3) is 2.81. The van der Waals surface area contributed by atoms with Crippen molar-refractivity contribution in [2.24, 2.45) is 5.84 Å². The van der Waals surface area contributed by atoms with Crippen LogP contribution in [0.4, 0.5) is 4.39 Å². The molecule has 0 aliphatic carbocycles. The normalized spacial score (nSPS) is 12.5. The molecule has 0 saturated carbocycles. The van der Waals surface area contributed by atoms with Crippen molar-refractivity contribution in [3.63, 3.8) is 0 Å². The zero-order chi connectivity index (χ0) is 14.8. The summed E-state index contributed by atoms with van der Waals surface area (Å²) in [6.07, 6.45) is 1.76. The highest BCUT2D eigenvalue weighted by Gasteiger charge is 2.15. The van der Waals surface area contributed by atoms with Crippen LogP contribution < -0.4 is 11.3 Å². The standard InChI is InChI=1S/C16H13BrFN3/c17-13-6-5-11(8-14(13)18)16(21-19)12-7-10-3-1-2-4-15(10)20-9-12/h1-9,16,21H,19H2. The van der Waals surface area contributed by atoms with Gasteiger partial charge in [-0.2, -0.15) is 0 Å². The van der Waals surface area contributed by atoms with Crippen LogP contribution in [0.2, 0.25) is 0 Å². The number of halogens is 2. The van der Waals surface area contributed by atoms with E-state index in [1.165, 1.54) is 6.07 Å². The van der Waals surface area contributed by atoms with E-state index in [0.717, 1.165) is 22.0 Å². The van der Waals surface area contributed by atoms with E-state index in [4.69, 9.17) is 5.84 Å². The van der Waals surface area contributed by atoms with Crippen molar-refractivity contribution in [2.45, 2.75) is 6.04 Å². The van der Waals surface area contributed by atoms with Gasteiger partial charge in [0.1, 0.15) is 5.82 Å². The van der Waals surface area contributed by atoms with Crippen LogP contribution >= 0.6 is 15.9 Å². The van der Waals surface area contributed by atoms with E-state index in [9.17, 15) is 4.39 Å². The minimum Gasteiger partial charge on any atom is -0.271 e. The number of hydrazine groups is 1. The largest absolute Gasteiger partial charge is 0.271 e. The molecule has 0 saturated heterocycles. The zero-order valence-corrected chi connectivity index (χ0v) is 12.6. The maximum absolute atomic E-state index is 13.7. The molecule has 0 amide bonds. The van der Waals surface area contributed by atoms with Gasteiger partial charge in [-0.05, 0) is 51.3 Å². The molecule has 1 unspecified atom stereocenters. The second-order valence-electron chi connectivity index (χ2n) is 4.73. The van der Waals surface area contributed by atoms with Crippen molar-refractivity contribution in [1.29, 1.82) is 0 Å². The van der Waals surface area contributed by atoms with Crippen LogP contribution in [0.1, 0.15) is 17.2 Å². The number of nitrogens with one attached hydrogen (secondary N) is 1. The first-order valence-electron chi connectivity index (χ1n) is 6.45. The van der Waals surface area contributed by atoms with Gasteiger partial charge in [0, 0.05) is 11.6 Å². The Morgan fingerprint density at radius 2 is 1.90 bits per heavy atom. The molecule has 0 radical (unpaired) electrons. The Bertz CT molecular complexity index is 791. The van der Waals surface area contributed by atoms with Crippen LogP contribution in [-0.2, 0) is 0 Å². The van der Waals surface area contributed by atoms with Crippen LogP contribution in [0, 0.1) is 5.82 Å². The Hall–Kier alpha value is -1.82. The Morgan fingerprint density at radius 3 is 2.67 bits per heavy atom. The molecule has 0 aliphatic heterocycles. The third-order valence-corrected chi connectivity index (χ3v) is 4.03. The molecule has 3 rings (SSSR count). The maximum atomic E-state index is 13.7. The monoisotopic (exact) mass is 345 g/mol. The van der Waals surface area contributed by atoms with Gasteiger partial charge in [-0.3, -0.25) is 10.8 Å². The third-order valence-electron chi connectivity index (χ3n) is 3.39. The number of para-hydroxylation sites is 1. The van der Waals surface area contributed by atoms with Crippen LogP contribution in [0.15, 0.2) is 59.2 Å². The number of hydrogen-bond acceptors (Lipinski definition) is 3. The van der Waals surface area contributed by atoms with E-state index in [0.29, 0.717) is 4.47 Å². The summed E-state index contributed by atoms with van der Waals surface area (Å²) in [5.41, 5.74) is 5.27. The predicted molar refractivity (Wildman–Crippen MR) is 85.0 cm³/mol. The van der Waals surface area contributed by atoms with Crippen molar-refractivity contribution in [3.8, 4) is 0 Å². The van der Waals surface area contributed by atoms with Gasteiger partial charge in [0.25, 0.3) is 0 Å². The lowest BCUT2D eigenvalue weighted by atomic mass is 9.99. The summed E-state index contributed by atoms with van der Waals surface area (Å²) in [4.78, 5) is 4.42. The second-order valence-corrected chi connectivity index (χ2v) is 5.59. The summed E-state index contributed by atoms with van der Waals surface area (Å²) in [5.74, 6) is 5.34. The molecule has 0 bridgehead atoms. The topological polar surface area (TPSA) is 50.9 Å². The summed E-state index contributed by atoms with van der Waals surface area (Å²) in [7, 11) is 0. The fourth-order valence-corrected chi connectivity index (χ4v) is 2.57. The van der Waals surface area contributed by atoms with Crippen LogP contribution in [0.5, 0.6) is 0 Å². The number of pyridine rings is 1. The molecule has 2 aromatic carbocycles. The van der Waals surface area contributed by atoms with E-state index in [1.54, 1.807) is 12.3 Å². The maximum Gasteiger partial charge on any atom is 0.137 e. The van der Waals surface area contributed by atoms with Gasteiger partial charge in [-0.15, -0.1) is 0 Å². The fourth-order valence-electron chi connectivity index (χ4n) is 2.32. The first-order chi connectivity index (χ1) is 10.2. The smallest absolute Gasteiger partial charge is 0.137 e. The lowest BCUT2D eigenvalue weighted by Gasteiger charge is -2.17. The molecule has 21 heavy (non-hydrogen) atoms. The summed E-state index contributed by atoms with van der Waals surface area (Å²) < 4.78 is 14.1. The number of nitrogens with two attached hydrogens (primary N) is 1.